The van der Waals surface area contributed by atoms with E-state index >= 15 is 0 Å². The number of thiazole rings is 1. The van der Waals surface area contributed by atoms with E-state index in [1.807, 2.05) is 30.7 Å². The lowest BCUT2D eigenvalue weighted by Gasteiger charge is -2.13. The van der Waals surface area contributed by atoms with E-state index in [9.17, 15) is 19.2 Å². The zero-order valence-corrected chi connectivity index (χ0v) is 31.0. The average molecular weight is 741 g/mol. The molecule has 1 amide bonds. The number of nitrogens with zero attached hydrogens (tertiary/aromatic N) is 1. The number of nitrogen functional groups attached to an aromatic ring is 1. The molecule has 0 fully saturated rings. The Morgan fingerprint density at radius 1 is 0.830 bits per heavy atom. The van der Waals surface area contributed by atoms with Gasteiger partial charge in [0.05, 0.1) is 36.2 Å². The van der Waals surface area contributed by atoms with E-state index in [2.05, 4.69) is 24.1 Å². The first-order valence-electron chi connectivity index (χ1n) is 14.1. The third kappa shape index (κ3) is 10.8. The molecule has 2 heterocycles. The number of methoxy groups -OCH3 is 2. The van der Waals surface area contributed by atoms with Crippen molar-refractivity contribution in [3.05, 3.63) is 83.4 Å². The van der Waals surface area contributed by atoms with E-state index in [4.69, 9.17) is 50.0 Å². The highest BCUT2D eigenvalue weighted by molar-refractivity contribution is 7.14. The summed E-state index contributed by atoms with van der Waals surface area (Å²) in [5.74, 6) is 0.851. The van der Waals surface area contributed by atoms with Crippen LogP contribution < -0.4 is 20.5 Å². The first kappa shape index (κ1) is 39.7. The number of anilines is 2. The standard InChI is InChI=1S/C16H17ClN2O3S.C9H10ClNO2.C8H9ClOS/c1-8(2)11-7-23-16(18-11)15(21)19-14-10(9(3)20)5-6-12(22-4)13(14)17;1-5(12)6-3-4-7(13-2)8(10)9(6)11;1-5(2)6-3-7(8(9)10)11-4-6/h5-8H,1-4H3,(H,19,21);3-4H,11H2,1-2H3;3-5H,1-2H3. The second-order valence-corrected chi connectivity index (χ2v) is 13.4. The van der Waals surface area contributed by atoms with Crippen LogP contribution in [0.4, 0.5) is 11.4 Å². The lowest BCUT2D eigenvalue weighted by Crippen LogP contribution is -2.15. The first-order chi connectivity index (χ1) is 22.0. The topological polar surface area (TPSA) is 138 Å². The van der Waals surface area contributed by atoms with Gasteiger partial charge in [-0.1, -0.05) is 50.9 Å². The molecular formula is C33H36Cl3N3O6S2. The summed E-state index contributed by atoms with van der Waals surface area (Å²) in [6, 6.07) is 8.24. The van der Waals surface area contributed by atoms with Gasteiger partial charge in [0.2, 0.25) is 0 Å². The maximum absolute atomic E-state index is 12.4. The number of hydrogen-bond donors (Lipinski definition) is 2. The number of ketones is 2. The van der Waals surface area contributed by atoms with Crippen molar-refractivity contribution in [2.24, 2.45) is 0 Å². The van der Waals surface area contributed by atoms with Gasteiger partial charge in [-0.3, -0.25) is 19.2 Å². The van der Waals surface area contributed by atoms with Gasteiger partial charge in [0, 0.05) is 16.5 Å². The lowest BCUT2D eigenvalue weighted by molar-refractivity contribution is 0.100. The van der Waals surface area contributed by atoms with Crippen molar-refractivity contribution in [1.29, 1.82) is 0 Å². The van der Waals surface area contributed by atoms with Gasteiger partial charge in [-0.15, -0.1) is 22.7 Å². The molecule has 0 aliphatic carbocycles. The quantitative estimate of drug-likeness (QED) is 0.0983. The summed E-state index contributed by atoms with van der Waals surface area (Å²) >= 11 is 20.0. The van der Waals surface area contributed by atoms with E-state index in [-0.39, 0.29) is 44.1 Å². The van der Waals surface area contributed by atoms with Crippen LogP contribution in [0.3, 0.4) is 0 Å². The van der Waals surface area contributed by atoms with Crippen molar-refractivity contribution >= 4 is 91.6 Å². The number of thiophene rings is 1. The Morgan fingerprint density at radius 3 is 1.81 bits per heavy atom. The van der Waals surface area contributed by atoms with Crippen LogP contribution >= 0.6 is 57.5 Å². The fourth-order valence-corrected chi connectivity index (χ4v) is 6.24. The summed E-state index contributed by atoms with van der Waals surface area (Å²) in [7, 11) is 2.96. The molecule has 0 aliphatic rings. The second kappa shape index (κ2) is 18.2. The van der Waals surface area contributed by atoms with Crippen LogP contribution in [0.1, 0.15) is 105 Å². The molecule has 0 atom stereocenters. The van der Waals surface area contributed by atoms with E-state index in [1.54, 1.807) is 24.3 Å². The Kier molecular flexibility index (Phi) is 15.3. The molecule has 0 bridgehead atoms. The van der Waals surface area contributed by atoms with Gasteiger partial charge in [0.25, 0.3) is 11.1 Å². The molecule has 0 spiro atoms. The number of amides is 1. The van der Waals surface area contributed by atoms with E-state index in [0.717, 1.165) is 5.69 Å². The third-order valence-corrected chi connectivity index (χ3v) is 9.36. The fraction of sp³-hybridized carbons (Fsp3) is 0.303. The summed E-state index contributed by atoms with van der Waals surface area (Å²) in [5.41, 5.74) is 8.92. The average Bonchev–Trinajstić information content (AvgIpc) is 3.71. The predicted octanol–water partition coefficient (Wildman–Crippen LogP) is 9.77. The number of benzene rings is 2. The monoisotopic (exact) mass is 739 g/mol. The number of aromatic nitrogens is 1. The van der Waals surface area contributed by atoms with E-state index in [1.165, 1.54) is 56.3 Å². The van der Waals surface area contributed by atoms with Crippen LogP contribution in [0.2, 0.25) is 10.0 Å². The molecule has 4 rings (SSSR count). The zero-order valence-electron chi connectivity index (χ0n) is 27.1. The molecule has 0 saturated heterocycles. The van der Waals surface area contributed by atoms with E-state index in [0.29, 0.717) is 38.4 Å². The number of nitrogens with one attached hydrogen (secondary N) is 1. The highest BCUT2D eigenvalue weighted by Gasteiger charge is 2.20. The largest absolute Gasteiger partial charge is 0.495 e. The number of rotatable bonds is 9. The minimum atomic E-state index is -0.403. The van der Waals surface area contributed by atoms with Gasteiger partial charge in [-0.25, -0.2) is 4.98 Å². The van der Waals surface area contributed by atoms with Gasteiger partial charge in [-0.05, 0) is 78.6 Å². The Morgan fingerprint density at radius 2 is 1.38 bits per heavy atom. The van der Waals surface area contributed by atoms with Gasteiger partial charge in [0.15, 0.2) is 16.6 Å². The van der Waals surface area contributed by atoms with Crippen molar-refractivity contribution in [2.75, 3.05) is 25.3 Å². The minimum absolute atomic E-state index is 0.109. The summed E-state index contributed by atoms with van der Waals surface area (Å²) < 4.78 is 10.1. The summed E-state index contributed by atoms with van der Waals surface area (Å²) in [6.45, 7) is 11.0. The van der Waals surface area contributed by atoms with Crippen molar-refractivity contribution in [1.82, 2.24) is 4.98 Å². The Labute approximate surface area is 297 Å². The Balaban J connectivity index is 0.000000270. The van der Waals surface area contributed by atoms with Gasteiger partial charge < -0.3 is 20.5 Å². The number of hydrogen-bond acceptors (Lipinski definition) is 10. The maximum atomic E-state index is 12.4. The number of Topliss-reactive ketones (excluding diaryl/α,β-unsaturated/α-hetero) is 2. The second-order valence-electron chi connectivity index (χ2n) is 10.5. The molecule has 9 nitrogen and oxygen atoms in total. The molecule has 0 aliphatic heterocycles. The Bertz CT molecular complexity index is 1750. The summed E-state index contributed by atoms with van der Waals surface area (Å²) in [5, 5.41) is 6.94. The van der Waals surface area contributed by atoms with Gasteiger partial charge in [0.1, 0.15) is 21.5 Å². The third-order valence-electron chi connectivity index (χ3n) is 6.48. The highest BCUT2D eigenvalue weighted by atomic mass is 35.5. The number of nitrogens with two attached hydrogens (primary N) is 1. The van der Waals surface area contributed by atoms with Crippen LogP contribution in [0.15, 0.2) is 41.1 Å². The van der Waals surface area contributed by atoms with Crippen LogP contribution in [-0.2, 0) is 0 Å². The molecule has 14 heteroatoms. The molecule has 2 aromatic heterocycles. The van der Waals surface area contributed by atoms with Crippen molar-refractivity contribution < 1.29 is 28.7 Å². The van der Waals surface area contributed by atoms with Crippen LogP contribution in [0.5, 0.6) is 11.5 Å². The molecule has 252 valence electrons. The van der Waals surface area contributed by atoms with Crippen LogP contribution in [0, 0.1) is 0 Å². The summed E-state index contributed by atoms with van der Waals surface area (Å²) in [4.78, 5) is 50.8. The lowest BCUT2D eigenvalue weighted by atomic mass is 10.1. The number of halogens is 3. The maximum Gasteiger partial charge on any atom is 0.284 e. The molecular weight excluding hydrogens is 705 g/mol. The van der Waals surface area contributed by atoms with Crippen molar-refractivity contribution in [3.8, 4) is 11.5 Å². The van der Waals surface area contributed by atoms with E-state index < -0.39 is 5.91 Å². The fourth-order valence-electron chi connectivity index (χ4n) is 3.75. The van der Waals surface area contributed by atoms with Crippen LogP contribution in [-0.4, -0.2) is 41.9 Å². The molecule has 4 aromatic rings. The smallest absolute Gasteiger partial charge is 0.284 e. The molecule has 0 unspecified atom stereocenters. The highest BCUT2D eigenvalue weighted by Crippen LogP contribution is 2.36. The normalized spacial score (nSPS) is 10.4. The molecule has 3 N–H and O–H groups in total. The number of carbonyl (C=O) groups excluding carboxylic acids is 4. The molecule has 0 radical (unpaired) electrons. The van der Waals surface area contributed by atoms with Crippen LogP contribution in [0.25, 0.3) is 0 Å². The molecule has 0 saturated carbocycles. The number of ether oxygens (including phenoxy) is 2. The molecule has 47 heavy (non-hydrogen) atoms. The van der Waals surface area contributed by atoms with Crippen molar-refractivity contribution in [2.45, 2.75) is 53.4 Å². The minimum Gasteiger partial charge on any atom is -0.495 e. The van der Waals surface area contributed by atoms with Crippen molar-refractivity contribution in [3.63, 3.8) is 0 Å². The van der Waals surface area contributed by atoms with Gasteiger partial charge in [-0.2, -0.15) is 0 Å². The predicted molar refractivity (Wildman–Crippen MR) is 193 cm³/mol. The first-order valence-corrected chi connectivity index (χ1v) is 17.0. The molecule has 2 aromatic carbocycles. The Hall–Kier alpha value is -3.48. The zero-order chi connectivity index (χ0) is 35.6. The number of carbonyl (C=O) groups is 4. The summed E-state index contributed by atoms with van der Waals surface area (Å²) in [6.07, 6.45) is 0. The SMILES string of the molecule is CC(C)c1csc(C(=O)Cl)c1.COc1ccc(C(C)=O)c(N)c1Cl.COc1ccc(C(C)=O)c(NC(=O)c2nc(C(C)C)cs2)c1Cl. The van der Waals surface area contributed by atoms with Gasteiger partial charge >= 0.3 is 0 Å².